The molecule has 19 rings (SSSR count). The van der Waals surface area contributed by atoms with Gasteiger partial charge >= 0.3 is 0 Å². The van der Waals surface area contributed by atoms with Crippen LogP contribution in [0.15, 0.2) is 218 Å². The van der Waals surface area contributed by atoms with Gasteiger partial charge in [-0.05, 0) is 107 Å². The zero-order valence-electron chi connectivity index (χ0n) is 73.0. The fraction of sp³-hybridized carbons (Fsp3) is 0.333. The number of hydrogen-bond donors (Lipinski definition) is 6. The zero-order chi connectivity index (χ0) is 86.4. The summed E-state index contributed by atoms with van der Waals surface area (Å²) < 4.78 is 43.2. The molecule has 6 N–H and O–H groups in total. The Bertz CT molecular complexity index is 5960. The number of ether oxygens (including phenoxy) is 6. The van der Waals surface area contributed by atoms with E-state index >= 15 is 0 Å². The van der Waals surface area contributed by atoms with Crippen molar-refractivity contribution in [2.75, 3.05) is 40.4 Å². The van der Waals surface area contributed by atoms with Crippen molar-refractivity contribution >= 4 is 0 Å². The first-order chi connectivity index (χ1) is 61.7. The van der Waals surface area contributed by atoms with Crippen molar-refractivity contribution in [1.29, 1.82) is 0 Å². The normalized spacial score (nSPS) is 19.6. The van der Waals surface area contributed by atoms with Crippen LogP contribution in [0.4, 0.5) is 0 Å². The van der Waals surface area contributed by atoms with E-state index in [0.29, 0.717) is 207 Å². The summed E-state index contributed by atoms with van der Waals surface area (Å²) >= 11 is 0. The quantitative estimate of drug-likeness (QED) is 0.0474. The first-order valence-electron chi connectivity index (χ1n) is 45.3. The molecule has 0 amide bonds. The number of nitrogens with zero attached hydrogens (tertiary/aromatic N) is 6. The molecule has 1 aliphatic carbocycles. The highest BCUT2D eigenvalue weighted by Crippen LogP contribution is 2.60. The first kappa shape index (κ1) is 83.5. The first-order valence-corrected chi connectivity index (χ1v) is 45.3. The lowest BCUT2D eigenvalue weighted by atomic mass is 9.75. The Morgan fingerprint density at radius 2 is 0.373 bits per heavy atom. The molecule has 0 saturated carbocycles. The third-order valence-electron chi connectivity index (χ3n) is 27.6. The van der Waals surface area contributed by atoms with Crippen LogP contribution < -0.4 is 28.4 Å². The summed E-state index contributed by atoms with van der Waals surface area (Å²) in [6, 6.07) is 75.0. The van der Waals surface area contributed by atoms with E-state index in [1.165, 1.54) is 0 Å². The molecule has 6 aliphatic heterocycles. The van der Waals surface area contributed by atoms with Gasteiger partial charge in [-0.15, -0.1) is 0 Å². The predicted molar refractivity (Wildman–Crippen MR) is 489 cm³/mol. The van der Waals surface area contributed by atoms with Gasteiger partial charge in [-0.25, -0.2) is 0 Å². The second kappa shape index (κ2) is 36.2. The van der Waals surface area contributed by atoms with E-state index in [9.17, 15) is 30.6 Å². The Balaban J connectivity index is 0.897. The van der Waals surface area contributed by atoms with Gasteiger partial charge in [-0.2, -0.15) is 0 Å². The summed E-state index contributed by atoms with van der Waals surface area (Å²) in [5, 5.41) is 83.5. The maximum Gasteiger partial charge on any atom is 0.168 e. The number of aromatic hydroxyl groups is 6. The minimum Gasteiger partial charge on any atom is -0.507 e. The second-order valence-corrected chi connectivity index (χ2v) is 35.5. The van der Waals surface area contributed by atoms with Gasteiger partial charge in [0.15, 0.2) is 23.0 Å². The molecule has 0 spiro atoms. The third kappa shape index (κ3) is 16.0. The molecule has 0 fully saturated rings. The van der Waals surface area contributed by atoms with E-state index in [1.54, 1.807) is 0 Å². The molecule has 12 aromatic carbocycles. The monoisotopic (exact) mass is 1690 g/mol. The van der Waals surface area contributed by atoms with Gasteiger partial charge in [0, 0.05) is 181 Å². The van der Waals surface area contributed by atoms with Crippen molar-refractivity contribution in [2.24, 2.45) is 0 Å². The number of fused-ring (bicyclic) bond motifs is 24. The summed E-state index contributed by atoms with van der Waals surface area (Å²) in [5.74, 6) is -0.0851. The average molecular weight is 1690 g/mol. The van der Waals surface area contributed by atoms with E-state index in [2.05, 4.69) is 204 Å². The molecule has 18 heteroatoms. The molecule has 12 bridgehead atoms. The summed E-state index contributed by atoms with van der Waals surface area (Å²) in [6.45, 7) is 19.6. The van der Waals surface area contributed by atoms with Crippen LogP contribution in [0.5, 0.6) is 69.0 Å². The molecule has 12 aromatic rings. The van der Waals surface area contributed by atoms with Crippen molar-refractivity contribution in [3.8, 4) is 69.0 Å². The Morgan fingerprint density at radius 1 is 0.206 bits per heavy atom. The van der Waals surface area contributed by atoms with Gasteiger partial charge in [0.05, 0.1) is 22.3 Å². The van der Waals surface area contributed by atoms with Crippen molar-refractivity contribution in [3.63, 3.8) is 0 Å². The number of phenolic OH excluding ortho intramolecular Hbond substituents is 6. The lowest BCUT2D eigenvalue weighted by Crippen LogP contribution is -2.34. The summed E-state index contributed by atoms with van der Waals surface area (Å²) in [7, 11) is 0. The maximum atomic E-state index is 14.0. The zero-order valence-corrected chi connectivity index (χ0v) is 73.0. The molecule has 6 heterocycles. The highest BCUT2D eigenvalue weighted by atomic mass is 16.5. The lowest BCUT2D eigenvalue weighted by molar-refractivity contribution is 0.0837. The van der Waals surface area contributed by atoms with Crippen molar-refractivity contribution in [2.45, 2.75) is 194 Å². The van der Waals surface area contributed by atoms with Crippen LogP contribution in [0.25, 0.3) is 0 Å². The Kier molecular flexibility index (Phi) is 24.0. The standard InChI is InChI=1S/C108H114N6O12/c1-7-73-79-43-85(101(119)107-91(79)55-109(65-125-107)49-67-31-19-13-20-32-67)74(8-2)80-44-86(102(120)108-92(80)56-110(66-126-108)50-68-33-21-14-22-34-68)78(12-6)90-48-84(100(118)96-60-114(64-124-106(90)96)54-72-41-29-18-30-42-72)77(11-5)89-47-83(99(117)95-59-113(63-123-105(89)95)53-71-39-27-17-28-40-71)76(10-4)88-46-82(98(116)94-58-112(62-122-104(88)94)52-70-37-25-16-26-38-70)75(9-3)87-45-81(73)97(115)93-57-111(61-121-103(87)93)51-69-35-23-15-24-36-69/h13-48,73-78,115-120H,7-12,49-66H2,1-6H3. The van der Waals surface area contributed by atoms with E-state index in [4.69, 9.17) is 28.4 Å². The molecule has 0 saturated heterocycles. The van der Waals surface area contributed by atoms with Crippen LogP contribution in [0.1, 0.15) is 249 Å². The highest BCUT2D eigenvalue weighted by Gasteiger charge is 2.44. The molecular weight excluding hydrogens is 1570 g/mol. The Labute approximate surface area is 739 Å². The molecule has 6 atom stereocenters. The van der Waals surface area contributed by atoms with Crippen LogP contribution in [0.2, 0.25) is 0 Å². The SMILES string of the molecule is CCC1c2cc(c3c(c2O)CN(Cc2ccccc2)CO3)C(CC)c2cc(c3c(c2O)CN(Cc2ccccc2)CO3)C(CC)c2cc(c3c(c2O)CN(Cc2ccccc2)CO3)C(CC)c2cc(c3c(c2O)CN(Cc2ccccc2)CO3)C(CC)c2cc(c3c(c2O)OCN(Cc2ccccc2)C3)C(CC)c2cc1c1c(c2O)OCN(Cc2ccccc2)C1. The molecule has 0 radical (unpaired) electrons. The molecular formula is C108H114N6O12. The van der Waals surface area contributed by atoms with Gasteiger partial charge in [-0.1, -0.05) is 236 Å². The van der Waals surface area contributed by atoms with Crippen LogP contribution >= 0.6 is 0 Å². The maximum absolute atomic E-state index is 14.0. The van der Waals surface area contributed by atoms with Gasteiger partial charge in [0.2, 0.25) is 0 Å². The molecule has 7 aliphatic rings. The second-order valence-electron chi connectivity index (χ2n) is 35.5. The molecule has 6 unspecified atom stereocenters. The predicted octanol–water partition coefficient (Wildman–Crippen LogP) is 21.6. The summed E-state index contributed by atoms with van der Waals surface area (Å²) in [5.41, 5.74) is 19.4. The van der Waals surface area contributed by atoms with Gasteiger partial charge in [0.25, 0.3) is 0 Å². The minimum atomic E-state index is -0.596. The number of benzene rings is 12. The molecule has 0 aromatic heterocycles. The van der Waals surface area contributed by atoms with Gasteiger partial charge in [-0.3, -0.25) is 29.4 Å². The summed E-state index contributed by atoms with van der Waals surface area (Å²) in [6.07, 6.45) is 2.88. The van der Waals surface area contributed by atoms with Crippen LogP contribution in [-0.4, -0.2) is 100 Å². The van der Waals surface area contributed by atoms with Gasteiger partial charge < -0.3 is 59.1 Å². The number of rotatable bonds is 18. The Morgan fingerprint density at radius 3 is 0.571 bits per heavy atom. The van der Waals surface area contributed by atoms with Crippen molar-refractivity contribution < 1.29 is 59.1 Å². The van der Waals surface area contributed by atoms with E-state index in [1.807, 2.05) is 84.9 Å². The molecule has 648 valence electrons. The van der Waals surface area contributed by atoms with Crippen LogP contribution in [0, 0.1) is 0 Å². The minimum absolute atomic E-state index is 0.00980. The smallest absolute Gasteiger partial charge is 0.168 e. The number of hydrogen-bond acceptors (Lipinski definition) is 18. The van der Waals surface area contributed by atoms with Crippen molar-refractivity contribution in [3.05, 3.63) is 352 Å². The topological polar surface area (TPSA) is 196 Å². The average Bonchev–Trinajstić information content (AvgIpc) is 0.736. The summed E-state index contributed by atoms with van der Waals surface area (Å²) in [4.78, 5) is 13.4. The Hall–Kier alpha value is -12.0. The number of phenols is 6. The molecule has 126 heavy (non-hydrogen) atoms. The van der Waals surface area contributed by atoms with Crippen LogP contribution in [0.3, 0.4) is 0 Å². The lowest BCUT2D eigenvalue weighted by Gasteiger charge is -2.38. The highest BCUT2D eigenvalue weighted by molar-refractivity contribution is 5.71. The van der Waals surface area contributed by atoms with Crippen LogP contribution in [-0.2, 0) is 78.5 Å². The molecule has 18 nitrogen and oxygen atoms in total. The fourth-order valence-corrected chi connectivity index (χ4v) is 21.5. The van der Waals surface area contributed by atoms with E-state index in [0.717, 1.165) is 77.9 Å². The fourth-order valence-electron chi connectivity index (χ4n) is 21.5. The largest absolute Gasteiger partial charge is 0.507 e. The van der Waals surface area contributed by atoms with Gasteiger partial charge in [0.1, 0.15) is 86.4 Å². The van der Waals surface area contributed by atoms with E-state index < -0.39 is 35.5 Å². The van der Waals surface area contributed by atoms with E-state index in [-0.39, 0.29) is 74.9 Å². The third-order valence-corrected chi connectivity index (χ3v) is 27.6. The van der Waals surface area contributed by atoms with Crippen molar-refractivity contribution in [1.82, 2.24) is 29.4 Å².